The van der Waals surface area contributed by atoms with Gasteiger partial charge in [-0.15, -0.1) is 0 Å². The fourth-order valence-electron chi connectivity index (χ4n) is 4.40. The minimum absolute atomic E-state index is 0.0416. The molecule has 1 atom stereocenters. The SMILES string of the molecule is COc1ccc(-c2c(C(F)(F)F)oc3cc(O[C@H](C)C(=O)OC4CCCCC4)ccc3c2=O)cc1OC. The van der Waals surface area contributed by atoms with Crippen molar-refractivity contribution in [2.24, 2.45) is 0 Å². The fraction of sp³-hybridized carbons (Fsp3) is 0.407. The third-order valence-electron chi connectivity index (χ3n) is 6.27. The highest BCUT2D eigenvalue weighted by atomic mass is 19.4. The van der Waals surface area contributed by atoms with Crippen molar-refractivity contribution in [2.75, 3.05) is 14.2 Å². The van der Waals surface area contributed by atoms with Gasteiger partial charge in [-0.3, -0.25) is 4.79 Å². The van der Waals surface area contributed by atoms with E-state index in [1.54, 1.807) is 0 Å². The fourth-order valence-corrected chi connectivity index (χ4v) is 4.40. The van der Waals surface area contributed by atoms with Gasteiger partial charge in [-0.2, -0.15) is 13.2 Å². The molecular weight excluding hydrogens is 493 g/mol. The van der Waals surface area contributed by atoms with E-state index in [1.165, 1.54) is 51.5 Å². The number of rotatable bonds is 7. The first-order valence-electron chi connectivity index (χ1n) is 11.9. The number of ether oxygens (including phenoxy) is 4. The third kappa shape index (κ3) is 5.68. The number of benzene rings is 2. The molecule has 198 valence electrons. The molecule has 0 bridgehead atoms. The molecule has 37 heavy (non-hydrogen) atoms. The van der Waals surface area contributed by atoms with Gasteiger partial charge in [0, 0.05) is 6.07 Å². The Kier molecular flexibility index (Phi) is 7.65. The normalized spacial score (nSPS) is 15.3. The van der Waals surface area contributed by atoms with E-state index in [0.717, 1.165) is 38.2 Å². The van der Waals surface area contributed by atoms with Crippen LogP contribution in [0.5, 0.6) is 17.2 Å². The Morgan fingerprint density at radius 3 is 2.35 bits per heavy atom. The van der Waals surface area contributed by atoms with E-state index < -0.39 is 35.0 Å². The van der Waals surface area contributed by atoms with Gasteiger partial charge in [-0.05, 0) is 62.4 Å². The summed E-state index contributed by atoms with van der Waals surface area (Å²) >= 11 is 0. The maximum Gasteiger partial charge on any atom is 0.450 e. The van der Waals surface area contributed by atoms with Gasteiger partial charge >= 0.3 is 12.1 Å². The highest BCUT2D eigenvalue weighted by molar-refractivity contribution is 5.84. The Balaban J connectivity index is 1.69. The highest BCUT2D eigenvalue weighted by Crippen LogP contribution is 2.40. The summed E-state index contributed by atoms with van der Waals surface area (Å²) in [5.41, 5.74) is -1.90. The first-order valence-corrected chi connectivity index (χ1v) is 11.9. The molecule has 1 aliphatic rings. The summed E-state index contributed by atoms with van der Waals surface area (Å²) in [6.07, 6.45) is -1.46. The number of esters is 1. The van der Waals surface area contributed by atoms with Crippen LogP contribution in [0.25, 0.3) is 22.1 Å². The lowest BCUT2D eigenvalue weighted by Gasteiger charge is -2.23. The van der Waals surface area contributed by atoms with E-state index in [1.807, 2.05) is 0 Å². The van der Waals surface area contributed by atoms with Crippen LogP contribution in [0.15, 0.2) is 45.6 Å². The molecule has 0 radical (unpaired) electrons. The monoisotopic (exact) mass is 520 g/mol. The van der Waals surface area contributed by atoms with Gasteiger partial charge in [0.05, 0.1) is 25.2 Å². The van der Waals surface area contributed by atoms with Gasteiger partial charge in [0.1, 0.15) is 17.4 Å². The minimum atomic E-state index is -4.97. The number of hydrogen-bond acceptors (Lipinski definition) is 7. The van der Waals surface area contributed by atoms with E-state index in [4.69, 9.17) is 23.4 Å². The second-order valence-electron chi connectivity index (χ2n) is 8.82. The van der Waals surface area contributed by atoms with E-state index in [9.17, 15) is 22.8 Å². The molecular formula is C27H27F3O7. The van der Waals surface area contributed by atoms with Gasteiger partial charge in [0.2, 0.25) is 11.2 Å². The van der Waals surface area contributed by atoms with Crippen LogP contribution >= 0.6 is 0 Å². The van der Waals surface area contributed by atoms with E-state index >= 15 is 0 Å². The third-order valence-corrected chi connectivity index (χ3v) is 6.27. The summed E-state index contributed by atoms with van der Waals surface area (Å²) in [4.78, 5) is 25.7. The number of hydrogen-bond donors (Lipinski definition) is 0. The first kappa shape index (κ1) is 26.4. The van der Waals surface area contributed by atoms with Crippen molar-refractivity contribution in [3.63, 3.8) is 0 Å². The lowest BCUT2D eigenvalue weighted by molar-refractivity contribution is -0.158. The Morgan fingerprint density at radius 1 is 1.00 bits per heavy atom. The number of fused-ring (bicyclic) bond motifs is 1. The average molecular weight is 521 g/mol. The second kappa shape index (κ2) is 10.7. The molecule has 10 heteroatoms. The summed E-state index contributed by atoms with van der Waals surface area (Å²) < 4.78 is 68.7. The van der Waals surface area contributed by atoms with Crippen LogP contribution in [0.4, 0.5) is 13.2 Å². The molecule has 1 heterocycles. The van der Waals surface area contributed by atoms with Crippen LogP contribution in [0.1, 0.15) is 44.8 Å². The highest BCUT2D eigenvalue weighted by Gasteiger charge is 2.39. The Bertz CT molecular complexity index is 1340. The van der Waals surface area contributed by atoms with E-state index in [2.05, 4.69) is 0 Å². The number of alkyl halides is 3. The molecule has 0 saturated heterocycles. The molecule has 0 unspecified atom stereocenters. The molecule has 0 amide bonds. The van der Waals surface area contributed by atoms with Gasteiger partial charge in [0.25, 0.3) is 0 Å². The van der Waals surface area contributed by atoms with Crippen molar-refractivity contribution in [2.45, 2.75) is 57.4 Å². The van der Waals surface area contributed by atoms with Crippen LogP contribution in [-0.2, 0) is 15.7 Å². The van der Waals surface area contributed by atoms with Crippen LogP contribution in [-0.4, -0.2) is 32.4 Å². The van der Waals surface area contributed by atoms with Crippen molar-refractivity contribution in [1.29, 1.82) is 0 Å². The topological polar surface area (TPSA) is 84.2 Å². The summed E-state index contributed by atoms with van der Waals surface area (Å²) in [5.74, 6) is -1.50. The van der Waals surface area contributed by atoms with Crippen LogP contribution < -0.4 is 19.6 Å². The van der Waals surface area contributed by atoms with Crippen molar-refractivity contribution < 1.29 is 41.3 Å². The molecule has 1 saturated carbocycles. The van der Waals surface area contributed by atoms with Crippen LogP contribution in [0.3, 0.4) is 0 Å². The molecule has 7 nitrogen and oxygen atoms in total. The molecule has 3 aromatic rings. The molecule has 1 aromatic heterocycles. The smallest absolute Gasteiger partial charge is 0.450 e. The molecule has 0 N–H and O–H groups in total. The number of halogens is 3. The van der Waals surface area contributed by atoms with Gasteiger partial charge in [-0.1, -0.05) is 12.5 Å². The number of carbonyl (C=O) groups is 1. The Morgan fingerprint density at radius 2 is 1.70 bits per heavy atom. The lowest BCUT2D eigenvalue weighted by atomic mass is 9.98. The second-order valence-corrected chi connectivity index (χ2v) is 8.82. The van der Waals surface area contributed by atoms with Crippen molar-refractivity contribution in [1.82, 2.24) is 0 Å². The zero-order valence-corrected chi connectivity index (χ0v) is 20.6. The zero-order chi connectivity index (χ0) is 26.7. The predicted molar refractivity (Wildman–Crippen MR) is 129 cm³/mol. The van der Waals surface area contributed by atoms with Crippen molar-refractivity contribution in [3.05, 3.63) is 52.4 Å². The standard InChI is InChI=1S/C27H27F3O7/c1-15(26(32)36-17-7-5-4-6-8-17)35-18-10-11-19-21(14-18)37-25(27(28,29)30)23(24(19)31)16-9-12-20(33-2)22(13-16)34-3/h9-15,17H,4-8H2,1-3H3/t15-/m1/s1. The van der Waals surface area contributed by atoms with Crippen molar-refractivity contribution >= 4 is 16.9 Å². The maximum absolute atomic E-state index is 14.0. The van der Waals surface area contributed by atoms with Crippen molar-refractivity contribution in [3.8, 4) is 28.4 Å². The van der Waals surface area contributed by atoms with Crippen LogP contribution in [0, 0.1) is 0 Å². The van der Waals surface area contributed by atoms with Gasteiger partial charge in [0.15, 0.2) is 17.6 Å². The van der Waals surface area contributed by atoms with Gasteiger partial charge in [-0.25, -0.2) is 4.79 Å². The summed E-state index contributed by atoms with van der Waals surface area (Å²) in [6, 6.07) is 7.88. The predicted octanol–water partition coefficient (Wildman–Crippen LogP) is 6.14. The zero-order valence-electron chi connectivity index (χ0n) is 20.6. The lowest BCUT2D eigenvalue weighted by Crippen LogP contribution is -2.31. The van der Waals surface area contributed by atoms with Gasteiger partial charge < -0.3 is 23.4 Å². The molecule has 1 aliphatic carbocycles. The summed E-state index contributed by atoms with van der Waals surface area (Å²) in [6.45, 7) is 1.49. The molecule has 1 fully saturated rings. The summed E-state index contributed by atoms with van der Waals surface area (Å²) in [5, 5.41) is -0.0810. The molecule has 0 spiro atoms. The quantitative estimate of drug-likeness (QED) is 0.346. The molecule has 4 rings (SSSR count). The molecule has 0 aliphatic heterocycles. The number of carbonyl (C=O) groups excluding carboxylic acids is 1. The molecule has 2 aromatic carbocycles. The van der Waals surface area contributed by atoms with Crippen LogP contribution in [0.2, 0.25) is 0 Å². The van der Waals surface area contributed by atoms with E-state index in [-0.39, 0.29) is 34.1 Å². The number of methoxy groups -OCH3 is 2. The maximum atomic E-state index is 14.0. The average Bonchev–Trinajstić information content (AvgIpc) is 2.88. The minimum Gasteiger partial charge on any atom is -0.493 e. The first-order chi connectivity index (χ1) is 17.6. The Hall–Kier alpha value is -3.69. The van der Waals surface area contributed by atoms with E-state index in [0.29, 0.717) is 5.75 Å². The largest absolute Gasteiger partial charge is 0.493 e. The Labute approximate surface area is 211 Å². The summed E-state index contributed by atoms with van der Waals surface area (Å²) in [7, 11) is 2.72.